The molecule has 8 rings (SSSR count). The molecule has 13 heteroatoms. The molecule has 13 nitrogen and oxygen atoms in total. The Hall–Kier alpha value is -4.69. The number of morpholine rings is 1. The minimum atomic E-state index is -0.264. The van der Waals surface area contributed by atoms with Crippen molar-refractivity contribution in [2.75, 3.05) is 82.3 Å². The number of aromatic amines is 1. The van der Waals surface area contributed by atoms with Gasteiger partial charge in [-0.05, 0) is 73.8 Å². The van der Waals surface area contributed by atoms with E-state index in [0.717, 1.165) is 98.9 Å². The van der Waals surface area contributed by atoms with Crippen LogP contribution < -0.4 is 20.9 Å². The van der Waals surface area contributed by atoms with Gasteiger partial charge in [-0.25, -0.2) is 9.97 Å². The van der Waals surface area contributed by atoms with E-state index in [9.17, 15) is 9.59 Å². The van der Waals surface area contributed by atoms with Crippen LogP contribution in [0, 0.1) is 5.41 Å². The molecule has 3 aromatic heterocycles. The Balaban J connectivity index is 0.837. The predicted octanol–water partition coefficient (Wildman–Crippen LogP) is 3.04. The van der Waals surface area contributed by atoms with E-state index in [2.05, 4.69) is 63.2 Å². The summed E-state index contributed by atoms with van der Waals surface area (Å²) < 4.78 is 5.51. The lowest BCUT2D eigenvalue weighted by molar-refractivity contribution is -0.119. The van der Waals surface area contributed by atoms with E-state index >= 15 is 0 Å². The van der Waals surface area contributed by atoms with Crippen molar-refractivity contribution in [2.24, 2.45) is 5.41 Å². The Morgan fingerprint density at radius 3 is 2.67 bits per heavy atom. The average Bonchev–Trinajstić information content (AvgIpc) is 3.81. The molecule has 4 saturated heterocycles. The quantitative estimate of drug-likeness (QED) is 0.184. The third-order valence-corrected chi connectivity index (χ3v) is 10.7. The third-order valence-electron chi connectivity index (χ3n) is 10.7. The number of anilines is 2. The first kappa shape index (κ1) is 33.5. The van der Waals surface area contributed by atoms with Crippen molar-refractivity contribution in [3.05, 3.63) is 78.4 Å². The van der Waals surface area contributed by atoms with Gasteiger partial charge in [0.2, 0.25) is 5.91 Å². The van der Waals surface area contributed by atoms with Gasteiger partial charge in [0.05, 0.1) is 18.6 Å². The van der Waals surface area contributed by atoms with E-state index in [1.54, 1.807) is 12.5 Å². The fourth-order valence-corrected chi connectivity index (χ4v) is 8.02. The number of carbonyl (C=O) groups excluding carboxylic acids is 2. The van der Waals surface area contributed by atoms with Crippen LogP contribution in [-0.4, -0.2) is 120 Å². The SMILES string of the molecule is C=C(CN1CC2(CCNC2)C1)C(=O)N[C@@H]1CCCN(Cc2ccnc(C(=O)Nc3ccc(-c4cc5c(N6CCOCC6)ncnc5[nH]4)cc3)c2)C1. The van der Waals surface area contributed by atoms with E-state index in [-0.39, 0.29) is 17.9 Å². The lowest BCUT2D eigenvalue weighted by Gasteiger charge is -2.48. The summed E-state index contributed by atoms with van der Waals surface area (Å²) in [6.45, 7) is 14.3. The van der Waals surface area contributed by atoms with Crippen molar-refractivity contribution < 1.29 is 14.3 Å². The first-order valence-electron chi connectivity index (χ1n) is 18.1. The van der Waals surface area contributed by atoms with Crippen LogP contribution in [-0.2, 0) is 16.1 Å². The van der Waals surface area contributed by atoms with E-state index in [1.807, 2.05) is 36.4 Å². The van der Waals surface area contributed by atoms with Crippen molar-refractivity contribution in [1.82, 2.24) is 40.4 Å². The second-order valence-electron chi connectivity index (χ2n) is 14.5. The van der Waals surface area contributed by atoms with E-state index in [1.165, 1.54) is 6.42 Å². The molecule has 51 heavy (non-hydrogen) atoms. The first-order valence-corrected chi connectivity index (χ1v) is 18.1. The maximum absolute atomic E-state index is 13.2. The molecule has 2 amide bonds. The fraction of sp³-hybridized carbons (Fsp3) is 0.447. The van der Waals surface area contributed by atoms with Crippen molar-refractivity contribution in [2.45, 2.75) is 31.8 Å². The summed E-state index contributed by atoms with van der Waals surface area (Å²) in [7, 11) is 0. The third kappa shape index (κ3) is 7.52. The number of hydrogen-bond acceptors (Lipinski definition) is 10. The van der Waals surface area contributed by atoms with Gasteiger partial charge in [-0.2, -0.15) is 0 Å². The Morgan fingerprint density at radius 2 is 1.86 bits per heavy atom. The molecule has 0 bridgehead atoms. The van der Waals surface area contributed by atoms with Crippen LogP contribution in [0.5, 0.6) is 0 Å². The molecule has 266 valence electrons. The zero-order valence-corrected chi connectivity index (χ0v) is 29.0. The highest BCUT2D eigenvalue weighted by Crippen LogP contribution is 2.36. The van der Waals surface area contributed by atoms with Crippen LogP contribution in [0.2, 0.25) is 0 Å². The lowest BCUT2D eigenvalue weighted by Crippen LogP contribution is -2.58. The summed E-state index contributed by atoms with van der Waals surface area (Å²) in [6.07, 6.45) is 6.44. The molecule has 4 aliphatic rings. The van der Waals surface area contributed by atoms with Crippen LogP contribution in [0.1, 0.15) is 35.3 Å². The minimum Gasteiger partial charge on any atom is -0.378 e. The standard InChI is InChI=1S/C38H46N10O3/c1-26(19-47-23-38(24-47)9-11-39-22-38)36(49)44-30-3-2-12-46(21-30)20-27-8-10-40-33(17-27)37(50)43-29-6-4-28(5-7-29)32-18-31-34(45-32)41-25-42-35(31)48-13-15-51-16-14-48/h4-8,10,17-18,25,30,39H,1-3,9,11-16,19-24H2,(H,43,50)(H,44,49)(H,41,42,45)/t30-/m1/s1. The molecule has 0 radical (unpaired) electrons. The number of fused-ring (bicyclic) bond motifs is 1. The van der Waals surface area contributed by atoms with Crippen LogP contribution >= 0.6 is 0 Å². The van der Waals surface area contributed by atoms with E-state index in [4.69, 9.17) is 4.74 Å². The zero-order valence-electron chi connectivity index (χ0n) is 29.0. The Kier molecular flexibility index (Phi) is 9.52. The number of nitrogens with one attached hydrogen (secondary N) is 4. The number of aromatic nitrogens is 4. The lowest BCUT2D eigenvalue weighted by atomic mass is 9.79. The Bertz CT molecular complexity index is 1890. The van der Waals surface area contributed by atoms with E-state index < -0.39 is 0 Å². The highest BCUT2D eigenvalue weighted by molar-refractivity contribution is 6.03. The van der Waals surface area contributed by atoms with Gasteiger partial charge in [-0.15, -0.1) is 0 Å². The number of nitrogens with zero attached hydrogens (tertiary/aromatic N) is 6. The molecule has 0 aliphatic carbocycles. The molecule has 7 heterocycles. The number of H-pyrrole nitrogens is 1. The summed E-state index contributed by atoms with van der Waals surface area (Å²) in [5, 5.41) is 10.7. The number of piperidine rings is 1. The molecule has 1 aromatic carbocycles. The second kappa shape index (κ2) is 14.5. The van der Waals surface area contributed by atoms with Crippen molar-refractivity contribution >= 4 is 34.4 Å². The van der Waals surface area contributed by atoms with Crippen molar-refractivity contribution in [3.63, 3.8) is 0 Å². The molecule has 1 atom stereocenters. The van der Waals surface area contributed by atoms with Gasteiger partial charge in [0.25, 0.3) is 5.91 Å². The average molecular weight is 691 g/mol. The summed E-state index contributed by atoms with van der Waals surface area (Å²) in [5.41, 5.74) is 5.79. The normalized spacial score (nSPS) is 20.7. The number of likely N-dealkylation sites (tertiary alicyclic amines) is 2. The maximum Gasteiger partial charge on any atom is 0.274 e. The molecular formula is C38H46N10O3. The fourth-order valence-electron chi connectivity index (χ4n) is 8.02. The van der Waals surface area contributed by atoms with Gasteiger partial charge in [0.15, 0.2) is 0 Å². The summed E-state index contributed by atoms with van der Waals surface area (Å²) in [5.74, 6) is 0.600. The number of amides is 2. The van der Waals surface area contributed by atoms with Gasteiger partial charge in [0.1, 0.15) is 23.5 Å². The van der Waals surface area contributed by atoms with Gasteiger partial charge < -0.3 is 30.6 Å². The molecule has 4 N–H and O–H groups in total. The number of carbonyl (C=O) groups is 2. The molecule has 1 spiro atoms. The van der Waals surface area contributed by atoms with Crippen LogP contribution in [0.4, 0.5) is 11.5 Å². The van der Waals surface area contributed by atoms with Gasteiger partial charge >= 0.3 is 0 Å². The smallest absolute Gasteiger partial charge is 0.274 e. The topological polar surface area (TPSA) is 144 Å². The number of benzene rings is 1. The number of rotatable bonds is 10. The molecule has 4 fully saturated rings. The van der Waals surface area contributed by atoms with E-state index in [0.29, 0.717) is 48.7 Å². The number of ether oxygens (including phenoxy) is 1. The summed E-state index contributed by atoms with van der Waals surface area (Å²) in [4.78, 5) is 49.9. The summed E-state index contributed by atoms with van der Waals surface area (Å²) in [6, 6.07) is 13.7. The van der Waals surface area contributed by atoms with Gasteiger partial charge in [-0.3, -0.25) is 24.4 Å². The van der Waals surface area contributed by atoms with Crippen LogP contribution in [0.25, 0.3) is 22.3 Å². The minimum absolute atomic E-state index is 0.0446. The monoisotopic (exact) mass is 690 g/mol. The number of pyridine rings is 1. The van der Waals surface area contributed by atoms with Crippen molar-refractivity contribution in [3.8, 4) is 11.3 Å². The molecule has 4 aliphatic heterocycles. The zero-order chi connectivity index (χ0) is 34.8. The molecule has 0 unspecified atom stereocenters. The second-order valence-corrected chi connectivity index (χ2v) is 14.5. The highest BCUT2D eigenvalue weighted by atomic mass is 16.5. The van der Waals surface area contributed by atoms with Crippen LogP contribution in [0.15, 0.2) is 67.1 Å². The summed E-state index contributed by atoms with van der Waals surface area (Å²) >= 11 is 0. The largest absolute Gasteiger partial charge is 0.378 e. The molecule has 0 saturated carbocycles. The molecular weight excluding hydrogens is 644 g/mol. The first-order chi connectivity index (χ1) is 24.9. The number of hydrogen-bond donors (Lipinski definition) is 4. The molecule has 4 aromatic rings. The Labute approximate surface area is 297 Å². The maximum atomic E-state index is 13.2. The van der Waals surface area contributed by atoms with Gasteiger partial charge in [-0.1, -0.05) is 18.7 Å². The Morgan fingerprint density at radius 1 is 1.02 bits per heavy atom. The van der Waals surface area contributed by atoms with Gasteiger partial charge in [0, 0.05) is 87.0 Å². The van der Waals surface area contributed by atoms with Crippen molar-refractivity contribution in [1.29, 1.82) is 0 Å². The predicted molar refractivity (Wildman–Crippen MR) is 196 cm³/mol. The van der Waals surface area contributed by atoms with Crippen LogP contribution in [0.3, 0.4) is 0 Å². The highest BCUT2D eigenvalue weighted by Gasteiger charge is 2.44.